The highest BCUT2D eigenvalue weighted by atomic mass is 32.2. The van der Waals surface area contributed by atoms with Gasteiger partial charge in [0.2, 0.25) is 5.91 Å². The van der Waals surface area contributed by atoms with Crippen LogP contribution in [0, 0.1) is 11.8 Å². The maximum atomic E-state index is 11.7. The zero-order valence-electron chi connectivity index (χ0n) is 11.7. The number of thioether (sulfide) groups is 1. The van der Waals surface area contributed by atoms with Gasteiger partial charge in [0, 0.05) is 18.7 Å². The van der Waals surface area contributed by atoms with Crippen molar-refractivity contribution >= 4 is 17.7 Å². The van der Waals surface area contributed by atoms with Gasteiger partial charge >= 0.3 is 0 Å². The van der Waals surface area contributed by atoms with E-state index in [0.717, 1.165) is 6.42 Å². The van der Waals surface area contributed by atoms with Crippen molar-refractivity contribution < 1.29 is 9.90 Å². The topological polar surface area (TPSA) is 49.3 Å². The molecule has 3 nitrogen and oxygen atoms in total. The molecule has 0 aromatic carbocycles. The Bertz CT molecular complexity index is 229. The van der Waals surface area contributed by atoms with E-state index in [-0.39, 0.29) is 5.91 Å². The SMILES string of the molecule is CSCC(C)(O)CNC(=O)CC(C)CC(C)C. The lowest BCUT2D eigenvalue weighted by Crippen LogP contribution is -2.42. The molecule has 0 aliphatic heterocycles. The number of carbonyl (C=O) groups excluding carboxylic acids is 1. The van der Waals surface area contributed by atoms with Gasteiger partial charge in [0.05, 0.1) is 5.60 Å². The summed E-state index contributed by atoms with van der Waals surface area (Å²) in [5.74, 6) is 1.70. The Balaban J connectivity index is 3.87. The molecule has 0 spiro atoms. The lowest BCUT2D eigenvalue weighted by atomic mass is 9.95. The molecule has 2 N–H and O–H groups in total. The lowest BCUT2D eigenvalue weighted by Gasteiger charge is -2.23. The van der Waals surface area contributed by atoms with Crippen molar-refractivity contribution in [2.45, 2.75) is 46.1 Å². The number of carbonyl (C=O) groups is 1. The van der Waals surface area contributed by atoms with E-state index < -0.39 is 5.60 Å². The molecule has 0 saturated carbocycles. The van der Waals surface area contributed by atoms with E-state index in [1.165, 1.54) is 0 Å². The minimum Gasteiger partial charge on any atom is -0.387 e. The highest BCUT2D eigenvalue weighted by molar-refractivity contribution is 7.98. The molecule has 0 aliphatic carbocycles. The standard InChI is InChI=1S/C13H27NO2S/c1-10(2)6-11(3)7-12(15)14-8-13(4,16)9-17-5/h10-11,16H,6-9H2,1-5H3,(H,14,15). The van der Waals surface area contributed by atoms with Crippen LogP contribution in [0.4, 0.5) is 0 Å². The highest BCUT2D eigenvalue weighted by Crippen LogP contribution is 2.14. The van der Waals surface area contributed by atoms with Crippen LogP contribution >= 0.6 is 11.8 Å². The van der Waals surface area contributed by atoms with Crippen LogP contribution in [0.25, 0.3) is 0 Å². The van der Waals surface area contributed by atoms with Crippen molar-refractivity contribution in [2.24, 2.45) is 11.8 Å². The fourth-order valence-electron chi connectivity index (χ4n) is 1.93. The molecular weight excluding hydrogens is 234 g/mol. The zero-order chi connectivity index (χ0) is 13.5. The first-order valence-electron chi connectivity index (χ1n) is 6.25. The van der Waals surface area contributed by atoms with Crippen LogP contribution in [0.1, 0.15) is 40.5 Å². The van der Waals surface area contributed by atoms with Crippen molar-refractivity contribution in [3.05, 3.63) is 0 Å². The van der Waals surface area contributed by atoms with Gasteiger partial charge in [-0.05, 0) is 31.4 Å². The average Bonchev–Trinajstić information content (AvgIpc) is 2.13. The van der Waals surface area contributed by atoms with Gasteiger partial charge < -0.3 is 10.4 Å². The first kappa shape index (κ1) is 16.8. The summed E-state index contributed by atoms with van der Waals surface area (Å²) < 4.78 is 0. The summed E-state index contributed by atoms with van der Waals surface area (Å²) in [6, 6.07) is 0. The van der Waals surface area contributed by atoms with Gasteiger partial charge in [-0.15, -0.1) is 0 Å². The van der Waals surface area contributed by atoms with Crippen LogP contribution in [0.5, 0.6) is 0 Å². The summed E-state index contributed by atoms with van der Waals surface area (Å²) in [6.07, 6.45) is 3.56. The largest absolute Gasteiger partial charge is 0.387 e. The first-order chi connectivity index (χ1) is 7.76. The second-order valence-electron chi connectivity index (χ2n) is 5.65. The third-order valence-electron chi connectivity index (χ3n) is 2.53. The quantitative estimate of drug-likeness (QED) is 0.705. The molecule has 1 amide bonds. The number of aliphatic hydroxyl groups is 1. The van der Waals surface area contributed by atoms with E-state index in [0.29, 0.717) is 30.6 Å². The molecule has 2 atom stereocenters. The molecule has 0 heterocycles. The Morgan fingerprint density at radius 2 is 2.00 bits per heavy atom. The number of hydrogen-bond acceptors (Lipinski definition) is 3. The van der Waals surface area contributed by atoms with Gasteiger partial charge in [-0.2, -0.15) is 11.8 Å². The first-order valence-corrected chi connectivity index (χ1v) is 7.64. The van der Waals surface area contributed by atoms with Crippen LogP contribution in [0.2, 0.25) is 0 Å². The lowest BCUT2D eigenvalue weighted by molar-refractivity contribution is -0.122. The summed E-state index contributed by atoms with van der Waals surface area (Å²) in [7, 11) is 0. The van der Waals surface area contributed by atoms with E-state index in [1.807, 2.05) is 6.26 Å². The second kappa shape index (κ2) is 7.98. The summed E-state index contributed by atoms with van der Waals surface area (Å²) in [6.45, 7) is 8.51. The predicted octanol–water partition coefficient (Wildman–Crippen LogP) is 2.29. The van der Waals surface area contributed by atoms with Crippen LogP contribution in [-0.4, -0.2) is 35.2 Å². The van der Waals surface area contributed by atoms with Gasteiger partial charge in [-0.1, -0.05) is 20.8 Å². The van der Waals surface area contributed by atoms with Crippen LogP contribution in [-0.2, 0) is 4.79 Å². The zero-order valence-corrected chi connectivity index (χ0v) is 12.6. The van der Waals surface area contributed by atoms with Crippen LogP contribution < -0.4 is 5.32 Å². The Hall–Kier alpha value is -0.220. The van der Waals surface area contributed by atoms with Crippen molar-refractivity contribution in [3.8, 4) is 0 Å². The Labute approximate surface area is 110 Å². The van der Waals surface area contributed by atoms with Crippen molar-refractivity contribution in [3.63, 3.8) is 0 Å². The minimum atomic E-state index is -0.809. The maximum absolute atomic E-state index is 11.7. The van der Waals surface area contributed by atoms with E-state index in [4.69, 9.17) is 0 Å². The van der Waals surface area contributed by atoms with Gasteiger partial charge in [-0.25, -0.2) is 0 Å². The van der Waals surface area contributed by atoms with Crippen LogP contribution in [0.3, 0.4) is 0 Å². The maximum Gasteiger partial charge on any atom is 0.220 e. The molecule has 0 aliphatic rings. The van der Waals surface area contributed by atoms with Gasteiger partial charge in [0.1, 0.15) is 0 Å². The normalized spacial score (nSPS) is 16.6. The van der Waals surface area contributed by atoms with E-state index in [1.54, 1.807) is 18.7 Å². The van der Waals surface area contributed by atoms with Gasteiger partial charge in [0.25, 0.3) is 0 Å². The molecule has 0 bridgehead atoms. The van der Waals surface area contributed by atoms with E-state index >= 15 is 0 Å². The molecule has 0 saturated heterocycles. The number of rotatable bonds is 8. The van der Waals surface area contributed by atoms with E-state index in [9.17, 15) is 9.90 Å². The van der Waals surface area contributed by atoms with Gasteiger partial charge in [0.15, 0.2) is 0 Å². The molecule has 2 unspecified atom stereocenters. The highest BCUT2D eigenvalue weighted by Gasteiger charge is 2.20. The van der Waals surface area contributed by atoms with Crippen molar-refractivity contribution in [1.82, 2.24) is 5.32 Å². The summed E-state index contributed by atoms with van der Waals surface area (Å²) in [5, 5.41) is 12.7. The Morgan fingerprint density at radius 1 is 1.41 bits per heavy atom. The number of amides is 1. The fourth-order valence-corrected chi connectivity index (χ4v) is 2.65. The molecular formula is C13H27NO2S. The summed E-state index contributed by atoms with van der Waals surface area (Å²) in [5.41, 5.74) is -0.809. The predicted molar refractivity (Wildman–Crippen MR) is 75.3 cm³/mol. The average molecular weight is 261 g/mol. The third-order valence-corrected chi connectivity index (χ3v) is 3.44. The summed E-state index contributed by atoms with van der Waals surface area (Å²) in [4.78, 5) is 11.7. The minimum absolute atomic E-state index is 0.0412. The second-order valence-corrected chi connectivity index (χ2v) is 6.51. The molecule has 4 heteroatoms. The van der Waals surface area contributed by atoms with E-state index in [2.05, 4.69) is 26.1 Å². The third kappa shape index (κ3) is 9.48. The Kier molecular flexibility index (Phi) is 7.88. The van der Waals surface area contributed by atoms with Crippen molar-refractivity contribution in [2.75, 3.05) is 18.6 Å². The fraction of sp³-hybridized carbons (Fsp3) is 0.923. The summed E-state index contributed by atoms with van der Waals surface area (Å²) >= 11 is 1.58. The molecule has 17 heavy (non-hydrogen) atoms. The Morgan fingerprint density at radius 3 is 2.47 bits per heavy atom. The molecule has 0 aromatic rings. The van der Waals surface area contributed by atoms with Crippen molar-refractivity contribution in [1.29, 1.82) is 0 Å². The smallest absolute Gasteiger partial charge is 0.220 e. The molecule has 0 rings (SSSR count). The molecule has 0 aromatic heterocycles. The monoisotopic (exact) mass is 261 g/mol. The molecule has 0 fully saturated rings. The number of nitrogens with one attached hydrogen (secondary N) is 1. The van der Waals surface area contributed by atoms with Gasteiger partial charge in [-0.3, -0.25) is 4.79 Å². The molecule has 102 valence electrons. The number of hydrogen-bond donors (Lipinski definition) is 2. The van der Waals surface area contributed by atoms with Crippen LogP contribution in [0.15, 0.2) is 0 Å². The molecule has 0 radical (unpaired) electrons.